The third kappa shape index (κ3) is 2.80. The number of aliphatic hydroxyl groups is 1. The summed E-state index contributed by atoms with van der Waals surface area (Å²) in [4.78, 5) is 7.70. The highest BCUT2D eigenvalue weighted by atomic mass is 19.4. The van der Waals surface area contributed by atoms with Crippen molar-refractivity contribution in [2.24, 2.45) is 0 Å². The molecule has 106 valence electrons. The van der Waals surface area contributed by atoms with E-state index < -0.39 is 17.8 Å². The van der Waals surface area contributed by atoms with Crippen molar-refractivity contribution in [3.8, 4) is 0 Å². The average Bonchev–Trinajstić information content (AvgIpc) is 2.37. The van der Waals surface area contributed by atoms with Crippen LogP contribution < -0.4 is 0 Å². The highest BCUT2D eigenvalue weighted by Crippen LogP contribution is 2.36. The number of halogens is 3. The number of aliphatic hydroxyl groups excluding tert-OH is 1. The molecule has 2 rings (SSSR count). The fourth-order valence-electron chi connectivity index (χ4n) is 2.04. The predicted octanol–water partition coefficient (Wildman–Crippen LogP) is 3.19. The van der Waals surface area contributed by atoms with Gasteiger partial charge in [0.25, 0.3) is 0 Å². The number of rotatable bonds is 2. The van der Waals surface area contributed by atoms with Crippen LogP contribution in [0, 0.1) is 13.8 Å². The summed E-state index contributed by atoms with van der Waals surface area (Å²) in [6.07, 6.45) is -2.42. The second kappa shape index (κ2) is 5.20. The minimum atomic E-state index is -4.54. The molecule has 0 fully saturated rings. The largest absolute Gasteiger partial charge is 0.416 e. The lowest BCUT2D eigenvalue weighted by molar-refractivity contribution is -0.139. The van der Waals surface area contributed by atoms with Crippen LogP contribution in [0.5, 0.6) is 0 Å². The zero-order valence-corrected chi connectivity index (χ0v) is 10.9. The topological polar surface area (TPSA) is 46.0 Å². The van der Waals surface area contributed by atoms with E-state index in [1.165, 1.54) is 6.20 Å². The van der Waals surface area contributed by atoms with Gasteiger partial charge in [-0.15, -0.1) is 0 Å². The Morgan fingerprint density at radius 1 is 1.20 bits per heavy atom. The Bertz CT molecular complexity index is 626. The summed E-state index contributed by atoms with van der Waals surface area (Å²) in [5.41, 5.74) is 0.519. The van der Waals surface area contributed by atoms with Gasteiger partial charge in [0.15, 0.2) is 0 Å². The molecule has 20 heavy (non-hydrogen) atoms. The van der Waals surface area contributed by atoms with Crippen LogP contribution in [-0.4, -0.2) is 15.1 Å². The van der Waals surface area contributed by atoms with Crippen molar-refractivity contribution in [1.29, 1.82) is 0 Å². The molecular formula is C14H13F3N2O. The van der Waals surface area contributed by atoms with Gasteiger partial charge in [-0.05, 0) is 31.0 Å². The zero-order chi connectivity index (χ0) is 14.9. The lowest BCUT2D eigenvalue weighted by Gasteiger charge is -2.18. The van der Waals surface area contributed by atoms with Gasteiger partial charge in [0.05, 0.1) is 11.3 Å². The normalized spacial score (nSPS) is 13.3. The Morgan fingerprint density at radius 3 is 2.50 bits per heavy atom. The van der Waals surface area contributed by atoms with Crippen molar-refractivity contribution in [3.63, 3.8) is 0 Å². The Labute approximate surface area is 114 Å². The molecule has 2 heterocycles. The summed E-state index contributed by atoms with van der Waals surface area (Å²) < 4.78 is 38.8. The smallest absolute Gasteiger partial charge is 0.382 e. The maximum atomic E-state index is 12.9. The van der Waals surface area contributed by atoms with Crippen LogP contribution in [0.3, 0.4) is 0 Å². The molecule has 0 spiro atoms. The predicted molar refractivity (Wildman–Crippen MR) is 67.0 cm³/mol. The first kappa shape index (κ1) is 14.5. The lowest BCUT2D eigenvalue weighted by Crippen LogP contribution is -2.14. The SMILES string of the molecule is Cc1cnc(C(O)c2cnccc2C(F)(F)F)c(C)c1. The average molecular weight is 282 g/mol. The van der Waals surface area contributed by atoms with Crippen LogP contribution in [0.2, 0.25) is 0 Å². The van der Waals surface area contributed by atoms with E-state index in [4.69, 9.17) is 0 Å². The van der Waals surface area contributed by atoms with E-state index in [1.54, 1.807) is 13.0 Å². The van der Waals surface area contributed by atoms with E-state index in [0.717, 1.165) is 24.0 Å². The summed E-state index contributed by atoms with van der Waals surface area (Å²) in [6.45, 7) is 3.52. The van der Waals surface area contributed by atoms with E-state index in [9.17, 15) is 18.3 Å². The van der Waals surface area contributed by atoms with Crippen LogP contribution in [0.15, 0.2) is 30.7 Å². The summed E-state index contributed by atoms with van der Waals surface area (Å²) in [7, 11) is 0. The summed E-state index contributed by atoms with van der Waals surface area (Å²) in [6, 6.07) is 2.61. The zero-order valence-electron chi connectivity index (χ0n) is 10.9. The van der Waals surface area contributed by atoms with Crippen molar-refractivity contribution < 1.29 is 18.3 Å². The Kier molecular flexibility index (Phi) is 3.76. The van der Waals surface area contributed by atoms with E-state index >= 15 is 0 Å². The van der Waals surface area contributed by atoms with Crippen molar-refractivity contribution in [2.75, 3.05) is 0 Å². The van der Waals surface area contributed by atoms with Crippen LogP contribution in [0.4, 0.5) is 13.2 Å². The van der Waals surface area contributed by atoms with Crippen LogP contribution >= 0.6 is 0 Å². The van der Waals surface area contributed by atoms with E-state index in [-0.39, 0.29) is 11.3 Å². The van der Waals surface area contributed by atoms with E-state index in [2.05, 4.69) is 9.97 Å². The maximum absolute atomic E-state index is 12.9. The van der Waals surface area contributed by atoms with Crippen molar-refractivity contribution in [2.45, 2.75) is 26.1 Å². The molecule has 0 amide bonds. The molecular weight excluding hydrogens is 269 g/mol. The fourth-order valence-corrected chi connectivity index (χ4v) is 2.04. The van der Waals surface area contributed by atoms with Crippen LogP contribution in [0.1, 0.15) is 34.1 Å². The molecule has 0 radical (unpaired) electrons. The molecule has 0 aliphatic rings. The summed E-state index contributed by atoms with van der Waals surface area (Å²) in [5.74, 6) is 0. The molecule has 3 nitrogen and oxygen atoms in total. The summed E-state index contributed by atoms with van der Waals surface area (Å²) in [5, 5.41) is 10.2. The number of pyridine rings is 2. The number of alkyl halides is 3. The number of hydrogen-bond acceptors (Lipinski definition) is 3. The van der Waals surface area contributed by atoms with Gasteiger partial charge in [-0.25, -0.2) is 0 Å². The lowest BCUT2D eigenvalue weighted by atomic mass is 9.99. The number of aryl methyl sites for hydroxylation is 2. The number of hydrogen-bond donors (Lipinski definition) is 1. The van der Waals surface area contributed by atoms with Crippen molar-refractivity contribution >= 4 is 0 Å². The third-order valence-corrected chi connectivity index (χ3v) is 2.97. The minimum absolute atomic E-state index is 0.203. The highest BCUT2D eigenvalue weighted by molar-refractivity contribution is 5.36. The second-order valence-electron chi connectivity index (χ2n) is 4.58. The Morgan fingerprint density at radius 2 is 1.90 bits per heavy atom. The molecule has 0 aliphatic carbocycles. The molecule has 2 aromatic heterocycles. The molecule has 2 aromatic rings. The van der Waals surface area contributed by atoms with Gasteiger partial charge in [0.1, 0.15) is 6.10 Å². The number of nitrogens with zero attached hydrogens (tertiary/aromatic N) is 2. The molecule has 0 saturated carbocycles. The highest BCUT2D eigenvalue weighted by Gasteiger charge is 2.35. The summed E-state index contributed by atoms with van der Waals surface area (Å²) >= 11 is 0. The molecule has 0 aliphatic heterocycles. The standard InChI is InChI=1S/C14H13F3N2O/c1-8-5-9(2)12(19-6-8)13(20)10-7-18-4-3-11(10)14(15,16)17/h3-7,13,20H,1-2H3. The van der Waals surface area contributed by atoms with Crippen LogP contribution in [-0.2, 0) is 6.18 Å². The van der Waals surface area contributed by atoms with Crippen molar-refractivity contribution in [3.05, 3.63) is 58.7 Å². The first-order valence-corrected chi connectivity index (χ1v) is 5.93. The first-order valence-electron chi connectivity index (χ1n) is 5.93. The Hall–Kier alpha value is -1.95. The fraction of sp³-hybridized carbons (Fsp3) is 0.286. The minimum Gasteiger partial charge on any atom is -0.382 e. The van der Waals surface area contributed by atoms with Crippen molar-refractivity contribution in [1.82, 2.24) is 9.97 Å². The Balaban J connectivity index is 2.51. The molecule has 1 N–H and O–H groups in total. The molecule has 0 saturated heterocycles. The van der Waals surface area contributed by atoms with Gasteiger partial charge in [-0.3, -0.25) is 9.97 Å². The van der Waals surface area contributed by atoms with E-state index in [1.807, 2.05) is 6.92 Å². The van der Waals surface area contributed by atoms with Crippen LogP contribution in [0.25, 0.3) is 0 Å². The van der Waals surface area contributed by atoms with E-state index in [0.29, 0.717) is 5.56 Å². The molecule has 6 heteroatoms. The van der Waals surface area contributed by atoms with Gasteiger partial charge >= 0.3 is 6.18 Å². The molecule has 0 bridgehead atoms. The second-order valence-corrected chi connectivity index (χ2v) is 4.58. The molecule has 1 unspecified atom stereocenters. The van der Waals surface area contributed by atoms with Gasteiger partial charge in [0, 0.05) is 24.2 Å². The van der Waals surface area contributed by atoms with Gasteiger partial charge in [-0.2, -0.15) is 13.2 Å². The quantitative estimate of drug-likeness (QED) is 0.920. The van der Waals surface area contributed by atoms with Gasteiger partial charge < -0.3 is 5.11 Å². The molecule has 0 aromatic carbocycles. The third-order valence-electron chi connectivity index (χ3n) is 2.97. The first-order chi connectivity index (χ1) is 9.30. The van der Waals surface area contributed by atoms with Gasteiger partial charge in [0.2, 0.25) is 0 Å². The van der Waals surface area contributed by atoms with Gasteiger partial charge in [-0.1, -0.05) is 6.07 Å². The molecule has 1 atom stereocenters. The number of aromatic nitrogens is 2. The maximum Gasteiger partial charge on any atom is 0.416 e. The monoisotopic (exact) mass is 282 g/mol.